The third-order valence-electron chi connectivity index (χ3n) is 3.24. The number of methoxy groups -OCH3 is 1. The number of carbonyl (C=O) groups excluding carboxylic acids is 2. The molecule has 2 rings (SSSR count). The summed E-state index contributed by atoms with van der Waals surface area (Å²) in [5, 5.41) is 2.70. The zero-order valence-electron chi connectivity index (χ0n) is 8.82. The van der Waals surface area contributed by atoms with Crippen molar-refractivity contribution >= 4 is 11.9 Å². The zero-order valence-corrected chi connectivity index (χ0v) is 8.82. The minimum atomic E-state index is -0.281. The maximum absolute atomic E-state index is 11.6. The van der Waals surface area contributed by atoms with E-state index in [1.165, 1.54) is 7.11 Å². The van der Waals surface area contributed by atoms with Crippen LogP contribution in [0.1, 0.15) is 6.42 Å². The normalized spacial score (nSPS) is 35.2. The van der Waals surface area contributed by atoms with Gasteiger partial charge in [-0.15, -0.1) is 0 Å². The molecule has 2 aliphatic heterocycles. The lowest BCUT2D eigenvalue weighted by Gasteiger charge is -2.33. The first kappa shape index (κ1) is 10.2. The number of amides is 1. The number of hydrogen-bond acceptors (Lipinski definition) is 4. The minimum absolute atomic E-state index is 0.0786. The number of likely N-dealkylation sites (N-methyl/N-ethyl adjacent to an activating group) is 1. The summed E-state index contributed by atoms with van der Waals surface area (Å²) in [7, 11) is 3.20. The fourth-order valence-electron chi connectivity index (χ4n) is 2.49. The SMILES string of the molecule is C=C1NC(=O)[C@@H]2C[C@@H](C(=O)OC)[C@H]1N2C. The molecule has 0 aromatic rings. The van der Waals surface area contributed by atoms with Gasteiger partial charge in [-0.2, -0.15) is 0 Å². The van der Waals surface area contributed by atoms with Crippen molar-refractivity contribution in [2.75, 3.05) is 14.2 Å². The highest BCUT2D eigenvalue weighted by Crippen LogP contribution is 2.35. The third-order valence-corrected chi connectivity index (χ3v) is 3.24. The maximum Gasteiger partial charge on any atom is 0.310 e. The molecule has 5 nitrogen and oxygen atoms in total. The van der Waals surface area contributed by atoms with E-state index in [2.05, 4.69) is 11.9 Å². The number of piperazine rings is 1. The van der Waals surface area contributed by atoms with E-state index in [0.29, 0.717) is 12.1 Å². The van der Waals surface area contributed by atoms with Crippen LogP contribution in [0.4, 0.5) is 0 Å². The molecule has 1 N–H and O–H groups in total. The van der Waals surface area contributed by atoms with Crippen LogP contribution in [0.3, 0.4) is 0 Å². The average molecular weight is 210 g/mol. The van der Waals surface area contributed by atoms with Crippen molar-refractivity contribution in [3.63, 3.8) is 0 Å². The van der Waals surface area contributed by atoms with Crippen molar-refractivity contribution in [3.05, 3.63) is 12.3 Å². The van der Waals surface area contributed by atoms with Crippen molar-refractivity contribution in [3.8, 4) is 0 Å². The lowest BCUT2D eigenvalue weighted by atomic mass is 9.98. The van der Waals surface area contributed by atoms with Gasteiger partial charge in [0.25, 0.3) is 0 Å². The monoisotopic (exact) mass is 210 g/mol. The largest absolute Gasteiger partial charge is 0.469 e. The number of nitrogens with zero attached hydrogens (tertiary/aromatic N) is 1. The van der Waals surface area contributed by atoms with Gasteiger partial charge in [0.05, 0.1) is 25.1 Å². The number of hydrogen-bond donors (Lipinski definition) is 1. The minimum Gasteiger partial charge on any atom is -0.469 e. The molecule has 0 aliphatic carbocycles. The van der Waals surface area contributed by atoms with E-state index in [1.807, 2.05) is 11.9 Å². The van der Waals surface area contributed by atoms with Crippen LogP contribution in [0.5, 0.6) is 0 Å². The van der Waals surface area contributed by atoms with Gasteiger partial charge in [-0.05, 0) is 13.5 Å². The van der Waals surface area contributed by atoms with Gasteiger partial charge < -0.3 is 10.1 Å². The summed E-state index contributed by atoms with van der Waals surface area (Å²) in [6, 6.07) is -0.357. The Labute approximate surface area is 88.1 Å². The third kappa shape index (κ3) is 1.34. The second-order valence-electron chi connectivity index (χ2n) is 4.01. The van der Waals surface area contributed by atoms with E-state index in [-0.39, 0.29) is 29.9 Å². The van der Waals surface area contributed by atoms with Crippen LogP contribution >= 0.6 is 0 Å². The van der Waals surface area contributed by atoms with Gasteiger partial charge in [0.1, 0.15) is 0 Å². The van der Waals surface area contributed by atoms with Crippen molar-refractivity contribution in [2.24, 2.45) is 5.92 Å². The Kier molecular flexibility index (Phi) is 2.26. The molecule has 0 saturated carbocycles. The van der Waals surface area contributed by atoms with Crippen LogP contribution in [0.25, 0.3) is 0 Å². The molecule has 2 aliphatic rings. The van der Waals surface area contributed by atoms with Gasteiger partial charge in [-0.3, -0.25) is 14.5 Å². The van der Waals surface area contributed by atoms with Gasteiger partial charge >= 0.3 is 5.97 Å². The zero-order chi connectivity index (χ0) is 11.2. The van der Waals surface area contributed by atoms with E-state index in [4.69, 9.17) is 4.74 Å². The molecule has 0 aromatic carbocycles. The van der Waals surface area contributed by atoms with Crippen molar-refractivity contribution in [1.82, 2.24) is 10.2 Å². The van der Waals surface area contributed by atoms with Gasteiger partial charge in [-0.1, -0.05) is 6.58 Å². The highest BCUT2D eigenvalue weighted by Gasteiger charge is 2.51. The Morgan fingerprint density at radius 3 is 2.93 bits per heavy atom. The van der Waals surface area contributed by atoms with E-state index in [9.17, 15) is 9.59 Å². The second kappa shape index (κ2) is 3.34. The highest BCUT2D eigenvalue weighted by atomic mass is 16.5. The molecule has 0 unspecified atom stereocenters. The predicted molar refractivity (Wildman–Crippen MR) is 52.7 cm³/mol. The van der Waals surface area contributed by atoms with E-state index in [0.717, 1.165) is 0 Å². The Balaban J connectivity index is 2.30. The van der Waals surface area contributed by atoms with Gasteiger partial charge in [-0.25, -0.2) is 0 Å². The number of rotatable bonds is 1. The smallest absolute Gasteiger partial charge is 0.310 e. The molecule has 82 valence electrons. The number of esters is 1. The van der Waals surface area contributed by atoms with E-state index in [1.54, 1.807) is 0 Å². The summed E-state index contributed by atoms with van der Waals surface area (Å²) in [5.74, 6) is -0.631. The van der Waals surface area contributed by atoms with Gasteiger partial charge in [0.15, 0.2) is 0 Å². The molecular weight excluding hydrogens is 196 g/mol. The predicted octanol–water partition coefficient (Wildman–Crippen LogP) is -0.508. The second-order valence-corrected chi connectivity index (χ2v) is 4.01. The summed E-state index contributed by atoms with van der Waals surface area (Å²) in [6.07, 6.45) is 0.513. The molecule has 1 amide bonds. The fraction of sp³-hybridized carbons (Fsp3) is 0.600. The maximum atomic E-state index is 11.6. The summed E-state index contributed by atoms with van der Waals surface area (Å²) in [4.78, 5) is 25.0. The summed E-state index contributed by atoms with van der Waals surface area (Å²) >= 11 is 0. The average Bonchev–Trinajstić information content (AvgIpc) is 2.46. The Morgan fingerprint density at radius 2 is 2.33 bits per heavy atom. The highest BCUT2D eigenvalue weighted by molar-refractivity contribution is 5.88. The number of ether oxygens (including phenoxy) is 1. The van der Waals surface area contributed by atoms with Crippen LogP contribution in [-0.4, -0.2) is 43.0 Å². The molecule has 2 bridgehead atoms. The van der Waals surface area contributed by atoms with Crippen molar-refractivity contribution in [2.45, 2.75) is 18.5 Å². The van der Waals surface area contributed by atoms with Crippen LogP contribution in [-0.2, 0) is 14.3 Å². The molecule has 2 fully saturated rings. The molecule has 15 heavy (non-hydrogen) atoms. The molecule has 5 heteroatoms. The number of carbonyl (C=O) groups is 2. The summed E-state index contributed by atoms with van der Waals surface area (Å²) in [6.45, 7) is 3.78. The molecule has 0 aromatic heterocycles. The molecule has 2 saturated heterocycles. The standard InChI is InChI=1S/C10H14N2O3/c1-5-8-6(10(14)15-3)4-7(12(8)2)9(13)11-5/h6-8H,1,4H2,2-3H3,(H,11,13)/t6-,7+,8+/m1/s1. The summed E-state index contributed by atoms with van der Waals surface area (Å²) in [5.41, 5.74) is 0.589. The Hall–Kier alpha value is -1.36. The lowest BCUT2D eigenvalue weighted by Crippen LogP contribution is -2.52. The number of fused-ring (bicyclic) bond motifs is 2. The fourth-order valence-corrected chi connectivity index (χ4v) is 2.49. The van der Waals surface area contributed by atoms with E-state index >= 15 is 0 Å². The molecule has 2 heterocycles. The Bertz CT molecular complexity index is 340. The van der Waals surface area contributed by atoms with Crippen molar-refractivity contribution in [1.29, 1.82) is 0 Å². The quantitative estimate of drug-likeness (QED) is 0.592. The molecular formula is C10H14N2O3. The lowest BCUT2D eigenvalue weighted by molar-refractivity contribution is -0.145. The molecule has 0 radical (unpaired) electrons. The molecule has 3 atom stereocenters. The van der Waals surface area contributed by atoms with Crippen LogP contribution < -0.4 is 5.32 Å². The van der Waals surface area contributed by atoms with Crippen LogP contribution in [0.15, 0.2) is 12.3 Å². The van der Waals surface area contributed by atoms with Crippen molar-refractivity contribution < 1.29 is 14.3 Å². The first-order chi connectivity index (χ1) is 7.06. The van der Waals surface area contributed by atoms with Gasteiger partial charge in [0, 0.05) is 5.70 Å². The topological polar surface area (TPSA) is 58.6 Å². The van der Waals surface area contributed by atoms with Crippen LogP contribution in [0.2, 0.25) is 0 Å². The number of nitrogens with one attached hydrogen (secondary N) is 1. The van der Waals surface area contributed by atoms with E-state index < -0.39 is 0 Å². The van der Waals surface area contributed by atoms with Crippen LogP contribution in [0, 0.1) is 5.92 Å². The van der Waals surface area contributed by atoms with Gasteiger partial charge in [0.2, 0.25) is 5.91 Å². The first-order valence-corrected chi connectivity index (χ1v) is 4.85. The first-order valence-electron chi connectivity index (χ1n) is 4.85. The Morgan fingerprint density at radius 1 is 1.67 bits per heavy atom. The molecule has 0 spiro atoms. The summed E-state index contributed by atoms with van der Waals surface area (Å²) < 4.78 is 4.73.